The van der Waals surface area contributed by atoms with Gasteiger partial charge in [0.15, 0.2) is 0 Å². The Labute approximate surface area is 171 Å². The molecule has 150 valence electrons. The van der Waals surface area contributed by atoms with E-state index in [0.717, 1.165) is 60.2 Å². The summed E-state index contributed by atoms with van der Waals surface area (Å²) in [6.07, 6.45) is 5.84. The molecule has 3 heterocycles. The molecule has 1 aromatic heterocycles. The molecule has 0 N–H and O–H groups in total. The fourth-order valence-electron chi connectivity index (χ4n) is 4.44. The lowest BCUT2D eigenvalue weighted by atomic mass is 9.99. The van der Waals surface area contributed by atoms with E-state index in [9.17, 15) is 8.42 Å². The maximum Gasteiger partial charge on any atom is 0.268 e. The summed E-state index contributed by atoms with van der Waals surface area (Å²) in [4.78, 5) is 4.79. The summed E-state index contributed by atoms with van der Waals surface area (Å²) in [5.41, 5.74) is 5.21. The Hall–Kier alpha value is -2.57. The maximum atomic E-state index is 13.6. The van der Waals surface area contributed by atoms with E-state index in [-0.39, 0.29) is 0 Å². The Balaban J connectivity index is 1.65. The van der Waals surface area contributed by atoms with Gasteiger partial charge < -0.3 is 9.80 Å². The van der Waals surface area contributed by atoms with Crippen LogP contribution in [-0.2, 0) is 16.4 Å². The van der Waals surface area contributed by atoms with Crippen LogP contribution >= 0.6 is 0 Å². The van der Waals surface area contributed by atoms with Gasteiger partial charge in [0.1, 0.15) is 0 Å². The highest BCUT2D eigenvalue weighted by Crippen LogP contribution is 2.34. The SMILES string of the molecule is CN1CC=C(c2cn(S(=O)(=O)c3ccc4c(c3)CCN4C)c3ccccc23)CC1. The van der Waals surface area contributed by atoms with Gasteiger partial charge in [-0.1, -0.05) is 24.3 Å². The molecule has 5 nitrogen and oxygen atoms in total. The minimum Gasteiger partial charge on any atom is -0.374 e. The molecule has 0 saturated carbocycles. The first-order valence-electron chi connectivity index (χ1n) is 10.0. The first-order valence-corrected chi connectivity index (χ1v) is 11.5. The van der Waals surface area contributed by atoms with Crippen LogP contribution in [0.2, 0.25) is 0 Å². The molecule has 0 fully saturated rings. The molecule has 0 aliphatic carbocycles. The van der Waals surface area contributed by atoms with Crippen LogP contribution in [0.25, 0.3) is 16.5 Å². The zero-order chi connectivity index (χ0) is 20.2. The topological polar surface area (TPSA) is 45.6 Å². The van der Waals surface area contributed by atoms with Gasteiger partial charge in [0, 0.05) is 49.5 Å². The number of hydrogen-bond acceptors (Lipinski definition) is 4. The molecule has 0 saturated heterocycles. The van der Waals surface area contributed by atoms with Gasteiger partial charge in [0.2, 0.25) is 0 Å². The number of fused-ring (bicyclic) bond motifs is 2. The van der Waals surface area contributed by atoms with Crippen molar-refractivity contribution in [1.29, 1.82) is 0 Å². The van der Waals surface area contributed by atoms with E-state index in [4.69, 9.17) is 0 Å². The van der Waals surface area contributed by atoms with Crippen LogP contribution in [0.4, 0.5) is 5.69 Å². The number of rotatable bonds is 3. The Morgan fingerprint density at radius 3 is 2.59 bits per heavy atom. The Morgan fingerprint density at radius 2 is 1.79 bits per heavy atom. The summed E-state index contributed by atoms with van der Waals surface area (Å²) in [6.45, 7) is 2.80. The van der Waals surface area contributed by atoms with Gasteiger partial charge in [-0.05, 0) is 55.3 Å². The third kappa shape index (κ3) is 2.98. The average Bonchev–Trinajstić information content (AvgIpc) is 3.30. The standard InChI is InChI=1S/C23H25N3O2S/c1-24-12-9-17(10-13-24)21-16-26(23-6-4-3-5-20(21)23)29(27,28)19-7-8-22-18(15-19)11-14-25(22)2/h3-9,15-16H,10-14H2,1-2H3. The van der Waals surface area contributed by atoms with Gasteiger partial charge in [-0.15, -0.1) is 0 Å². The molecule has 6 heteroatoms. The third-order valence-electron chi connectivity index (χ3n) is 6.17. The highest BCUT2D eigenvalue weighted by molar-refractivity contribution is 7.90. The van der Waals surface area contributed by atoms with E-state index in [2.05, 4.69) is 22.9 Å². The number of para-hydroxylation sites is 1. The van der Waals surface area contributed by atoms with Crippen molar-refractivity contribution in [3.63, 3.8) is 0 Å². The molecule has 0 bridgehead atoms. The van der Waals surface area contributed by atoms with Crippen molar-refractivity contribution in [3.8, 4) is 0 Å². The molecular weight excluding hydrogens is 382 g/mol. The number of benzene rings is 2. The van der Waals surface area contributed by atoms with E-state index >= 15 is 0 Å². The van der Waals surface area contributed by atoms with Crippen molar-refractivity contribution in [1.82, 2.24) is 8.87 Å². The van der Waals surface area contributed by atoms with Crippen LogP contribution in [0.15, 0.2) is 59.6 Å². The lowest BCUT2D eigenvalue weighted by molar-refractivity contribution is 0.370. The molecular formula is C23H25N3O2S. The summed E-state index contributed by atoms with van der Waals surface area (Å²) < 4.78 is 28.7. The number of nitrogens with zero attached hydrogens (tertiary/aromatic N) is 3. The van der Waals surface area contributed by atoms with Crippen LogP contribution in [0, 0.1) is 0 Å². The smallest absolute Gasteiger partial charge is 0.268 e. The number of anilines is 1. The summed E-state index contributed by atoms with van der Waals surface area (Å²) in [7, 11) is 0.473. The second kappa shape index (κ2) is 6.75. The minimum atomic E-state index is -3.67. The third-order valence-corrected chi connectivity index (χ3v) is 7.84. The molecule has 5 rings (SSSR count). The molecule has 0 unspecified atom stereocenters. The van der Waals surface area contributed by atoms with Crippen molar-refractivity contribution >= 4 is 32.2 Å². The van der Waals surface area contributed by atoms with E-state index in [1.165, 1.54) is 9.55 Å². The van der Waals surface area contributed by atoms with Crippen LogP contribution in [0.3, 0.4) is 0 Å². The predicted octanol–water partition coefficient (Wildman–Crippen LogP) is 3.59. The molecule has 29 heavy (non-hydrogen) atoms. The lowest BCUT2D eigenvalue weighted by Gasteiger charge is -2.21. The first-order chi connectivity index (χ1) is 13.9. The predicted molar refractivity (Wildman–Crippen MR) is 118 cm³/mol. The van der Waals surface area contributed by atoms with Crippen molar-refractivity contribution in [2.45, 2.75) is 17.7 Å². The van der Waals surface area contributed by atoms with Crippen LogP contribution in [-0.4, -0.2) is 51.0 Å². The molecule has 0 radical (unpaired) electrons. The van der Waals surface area contributed by atoms with E-state index in [1.54, 1.807) is 6.07 Å². The molecule has 2 aromatic carbocycles. The summed E-state index contributed by atoms with van der Waals surface area (Å²) in [5.74, 6) is 0. The molecule has 2 aliphatic heterocycles. The van der Waals surface area contributed by atoms with Crippen molar-refractivity contribution < 1.29 is 8.42 Å². The van der Waals surface area contributed by atoms with Crippen LogP contribution < -0.4 is 4.90 Å². The fraction of sp³-hybridized carbons (Fsp3) is 0.304. The van der Waals surface area contributed by atoms with Crippen LogP contribution in [0.1, 0.15) is 17.5 Å². The van der Waals surface area contributed by atoms with Gasteiger partial charge in [0.25, 0.3) is 10.0 Å². The molecule has 0 amide bonds. The lowest BCUT2D eigenvalue weighted by Crippen LogP contribution is -2.23. The average molecular weight is 408 g/mol. The minimum absolute atomic E-state index is 0.358. The van der Waals surface area contributed by atoms with Gasteiger partial charge in [0.05, 0.1) is 10.4 Å². The van der Waals surface area contributed by atoms with Gasteiger partial charge >= 0.3 is 0 Å². The van der Waals surface area contributed by atoms with Crippen molar-refractivity contribution in [3.05, 3.63) is 65.9 Å². The quantitative estimate of drug-likeness (QED) is 0.666. The molecule has 2 aliphatic rings. The van der Waals surface area contributed by atoms with Gasteiger partial charge in [-0.2, -0.15) is 0 Å². The second-order valence-electron chi connectivity index (χ2n) is 8.06. The first kappa shape index (κ1) is 18.5. The highest BCUT2D eigenvalue weighted by Gasteiger charge is 2.25. The van der Waals surface area contributed by atoms with Gasteiger partial charge in [-0.3, -0.25) is 0 Å². The van der Waals surface area contributed by atoms with Crippen LogP contribution in [0.5, 0.6) is 0 Å². The maximum absolute atomic E-state index is 13.6. The monoisotopic (exact) mass is 407 g/mol. The zero-order valence-electron chi connectivity index (χ0n) is 16.8. The number of likely N-dealkylation sites (N-methyl/N-ethyl adjacent to an activating group) is 2. The number of aromatic nitrogens is 1. The highest BCUT2D eigenvalue weighted by atomic mass is 32.2. The molecule has 3 aromatic rings. The second-order valence-corrected chi connectivity index (χ2v) is 9.88. The van der Waals surface area contributed by atoms with E-state index in [0.29, 0.717) is 4.90 Å². The normalized spacial score (nSPS) is 17.6. The Morgan fingerprint density at radius 1 is 0.966 bits per heavy atom. The zero-order valence-corrected chi connectivity index (χ0v) is 17.6. The van der Waals surface area contributed by atoms with Gasteiger partial charge in [-0.25, -0.2) is 12.4 Å². The number of hydrogen-bond donors (Lipinski definition) is 0. The largest absolute Gasteiger partial charge is 0.374 e. The summed E-state index contributed by atoms with van der Waals surface area (Å²) >= 11 is 0. The van der Waals surface area contributed by atoms with E-state index < -0.39 is 10.0 Å². The Kier molecular flexibility index (Phi) is 4.29. The molecule has 0 atom stereocenters. The fourth-order valence-corrected chi connectivity index (χ4v) is 5.86. The van der Waals surface area contributed by atoms with Crippen molar-refractivity contribution in [2.24, 2.45) is 0 Å². The summed E-state index contributed by atoms with van der Waals surface area (Å²) in [5, 5.41) is 0.993. The Bertz CT molecular complexity index is 1240. The van der Waals surface area contributed by atoms with E-state index in [1.807, 2.05) is 49.6 Å². The van der Waals surface area contributed by atoms with Crippen molar-refractivity contribution in [2.75, 3.05) is 38.6 Å². The molecule has 0 spiro atoms. The summed E-state index contributed by atoms with van der Waals surface area (Å²) in [6, 6.07) is 13.3.